The van der Waals surface area contributed by atoms with E-state index < -0.39 is 36.3 Å². The molecule has 6 nitrogen and oxygen atoms in total. The SMILES string of the molecule is O=C1O[C@H](C(O)CO)C(O)=C1O.[BaH2]. The molecule has 0 aromatic heterocycles. The van der Waals surface area contributed by atoms with Gasteiger partial charge in [0, 0.05) is 0 Å². The third-order valence-corrected chi connectivity index (χ3v) is 1.48. The molecule has 7 heteroatoms. The van der Waals surface area contributed by atoms with Crippen LogP contribution < -0.4 is 0 Å². The van der Waals surface area contributed by atoms with E-state index in [-0.39, 0.29) is 48.9 Å². The Labute approximate surface area is 114 Å². The molecule has 1 heterocycles. The quantitative estimate of drug-likeness (QED) is 0.336. The van der Waals surface area contributed by atoms with Gasteiger partial charge in [-0.15, -0.1) is 0 Å². The number of ether oxygens (including phenoxy) is 1. The average molecular weight is 315 g/mol. The van der Waals surface area contributed by atoms with Crippen LogP contribution in [-0.4, -0.2) is 94.1 Å². The zero-order valence-electron chi connectivity index (χ0n) is 5.97. The van der Waals surface area contributed by atoms with Crippen LogP contribution in [0, 0.1) is 0 Å². The molecule has 2 atom stereocenters. The fourth-order valence-electron chi connectivity index (χ4n) is 0.823. The Morgan fingerprint density at radius 3 is 2.31 bits per heavy atom. The van der Waals surface area contributed by atoms with Crippen LogP contribution in [0.5, 0.6) is 0 Å². The van der Waals surface area contributed by atoms with Crippen molar-refractivity contribution < 1.29 is 30.0 Å². The van der Waals surface area contributed by atoms with Crippen molar-refractivity contribution in [3.8, 4) is 0 Å². The summed E-state index contributed by atoms with van der Waals surface area (Å²) in [6.07, 6.45) is -2.78. The van der Waals surface area contributed by atoms with Crippen LogP contribution in [0.2, 0.25) is 0 Å². The second-order valence-electron chi connectivity index (χ2n) is 2.31. The maximum absolute atomic E-state index is 10.5. The van der Waals surface area contributed by atoms with Crippen molar-refractivity contribution in [1.29, 1.82) is 0 Å². The number of aliphatic hydroxyl groups is 4. The van der Waals surface area contributed by atoms with Crippen LogP contribution in [0.3, 0.4) is 0 Å². The zero-order valence-corrected chi connectivity index (χ0v) is 5.97. The molecule has 0 saturated carbocycles. The normalized spacial score (nSPS) is 23.8. The fraction of sp³-hybridized carbons (Fsp3) is 0.500. The van der Waals surface area contributed by atoms with Gasteiger partial charge in [-0.2, -0.15) is 0 Å². The summed E-state index contributed by atoms with van der Waals surface area (Å²) in [7, 11) is 0. The van der Waals surface area contributed by atoms with Gasteiger partial charge in [-0.05, 0) is 0 Å². The Morgan fingerprint density at radius 1 is 1.46 bits per heavy atom. The van der Waals surface area contributed by atoms with Crippen LogP contribution >= 0.6 is 0 Å². The first kappa shape index (κ1) is 13.3. The number of aliphatic hydroxyl groups excluding tert-OH is 4. The van der Waals surface area contributed by atoms with Gasteiger partial charge in [0.05, 0.1) is 6.61 Å². The number of carbonyl (C=O) groups excluding carboxylic acids is 1. The molecule has 0 fully saturated rings. The Bertz CT molecular complexity index is 237. The van der Waals surface area contributed by atoms with Crippen molar-refractivity contribution >= 4 is 54.9 Å². The van der Waals surface area contributed by atoms with Crippen LogP contribution in [0.25, 0.3) is 0 Å². The predicted octanol–water partition coefficient (Wildman–Crippen LogP) is -2.32. The van der Waals surface area contributed by atoms with E-state index in [1.54, 1.807) is 0 Å². The monoisotopic (exact) mass is 316 g/mol. The molecule has 0 aromatic carbocycles. The van der Waals surface area contributed by atoms with Gasteiger partial charge in [0.1, 0.15) is 6.10 Å². The predicted molar refractivity (Wildman–Crippen MR) is 43.8 cm³/mol. The molecule has 0 bridgehead atoms. The zero-order chi connectivity index (χ0) is 9.30. The molecular weight excluding hydrogens is 305 g/mol. The second kappa shape index (κ2) is 5.25. The molecule has 1 aliphatic heterocycles. The molecule has 0 amide bonds. The Kier molecular flexibility index (Phi) is 5.37. The maximum atomic E-state index is 10.5. The summed E-state index contributed by atoms with van der Waals surface area (Å²) in [4.78, 5) is 10.5. The van der Waals surface area contributed by atoms with E-state index in [2.05, 4.69) is 4.74 Å². The molecule has 4 N–H and O–H groups in total. The summed E-state index contributed by atoms with van der Waals surface area (Å²) in [6.45, 7) is -0.671. The molecule has 0 spiro atoms. The van der Waals surface area contributed by atoms with Crippen molar-refractivity contribution in [2.24, 2.45) is 0 Å². The van der Waals surface area contributed by atoms with Gasteiger partial charge < -0.3 is 25.2 Å². The van der Waals surface area contributed by atoms with Gasteiger partial charge >= 0.3 is 54.9 Å². The van der Waals surface area contributed by atoms with Crippen LogP contribution in [0.4, 0.5) is 0 Å². The molecule has 72 valence electrons. The van der Waals surface area contributed by atoms with E-state index in [1.165, 1.54) is 0 Å². The minimum atomic E-state index is -1.42. The van der Waals surface area contributed by atoms with Gasteiger partial charge in [0.25, 0.3) is 0 Å². The van der Waals surface area contributed by atoms with E-state index in [0.717, 1.165) is 0 Å². The molecule has 0 saturated heterocycles. The van der Waals surface area contributed by atoms with Gasteiger partial charge in [0.15, 0.2) is 11.9 Å². The van der Waals surface area contributed by atoms with Gasteiger partial charge in [-0.3, -0.25) is 0 Å². The number of hydrogen-bond acceptors (Lipinski definition) is 6. The van der Waals surface area contributed by atoms with Crippen molar-refractivity contribution in [3.63, 3.8) is 0 Å². The van der Waals surface area contributed by atoms with Gasteiger partial charge in [-0.1, -0.05) is 0 Å². The first-order valence-corrected chi connectivity index (χ1v) is 3.20. The van der Waals surface area contributed by atoms with Gasteiger partial charge in [0.2, 0.25) is 5.76 Å². The average Bonchev–Trinajstić information content (AvgIpc) is 2.32. The molecule has 1 rings (SSSR count). The third-order valence-electron chi connectivity index (χ3n) is 1.48. The molecule has 0 aromatic rings. The first-order chi connectivity index (χ1) is 5.57. The summed E-state index contributed by atoms with van der Waals surface area (Å²) in [5, 5.41) is 35.0. The summed E-state index contributed by atoms with van der Waals surface area (Å²) in [6, 6.07) is 0. The van der Waals surface area contributed by atoms with E-state index in [4.69, 9.17) is 20.4 Å². The van der Waals surface area contributed by atoms with Crippen molar-refractivity contribution in [3.05, 3.63) is 11.5 Å². The van der Waals surface area contributed by atoms with Crippen molar-refractivity contribution in [1.82, 2.24) is 0 Å². The number of esters is 1. The summed E-state index contributed by atoms with van der Waals surface area (Å²) >= 11 is 0. The molecule has 1 aliphatic rings. The number of hydrogen-bond donors (Lipinski definition) is 4. The Morgan fingerprint density at radius 2 is 2.00 bits per heavy atom. The fourth-order valence-corrected chi connectivity index (χ4v) is 0.823. The Hall–Kier alpha value is 0.301. The van der Waals surface area contributed by atoms with Crippen LogP contribution in [0.15, 0.2) is 11.5 Å². The summed E-state index contributed by atoms with van der Waals surface area (Å²) < 4.78 is 4.32. The number of cyclic esters (lactones) is 1. The van der Waals surface area contributed by atoms with Gasteiger partial charge in [-0.25, -0.2) is 4.79 Å². The standard InChI is InChI=1S/C6H8O6.Ba.2H/c7-1-2(8)5-3(9)4(10)6(11)12-5;;;/h2,5,7-10H,1H2;;;/t2?,5-;;;/m1.../s1. The van der Waals surface area contributed by atoms with E-state index in [9.17, 15) is 4.79 Å². The topological polar surface area (TPSA) is 107 Å². The van der Waals surface area contributed by atoms with E-state index in [1.807, 2.05) is 0 Å². The minimum absolute atomic E-state index is 0. The number of carbonyl (C=O) groups is 1. The summed E-state index contributed by atoms with van der Waals surface area (Å²) in [5.74, 6) is -2.78. The first-order valence-electron chi connectivity index (χ1n) is 3.20. The van der Waals surface area contributed by atoms with Crippen molar-refractivity contribution in [2.45, 2.75) is 12.2 Å². The molecule has 0 radical (unpaired) electrons. The molecule has 1 unspecified atom stereocenters. The van der Waals surface area contributed by atoms with Crippen molar-refractivity contribution in [2.75, 3.05) is 6.61 Å². The Balaban J connectivity index is 0.00000144. The third kappa shape index (κ3) is 2.62. The second-order valence-corrected chi connectivity index (χ2v) is 2.31. The molecule has 13 heavy (non-hydrogen) atoms. The summed E-state index contributed by atoms with van der Waals surface area (Å²) in [5.41, 5.74) is 0. The van der Waals surface area contributed by atoms with Crippen LogP contribution in [0.1, 0.15) is 0 Å². The molecule has 0 aliphatic carbocycles. The van der Waals surface area contributed by atoms with Crippen LogP contribution in [-0.2, 0) is 9.53 Å². The molecular formula is C6H10BaO6. The van der Waals surface area contributed by atoms with E-state index >= 15 is 0 Å². The number of rotatable bonds is 2. The van der Waals surface area contributed by atoms with E-state index in [0.29, 0.717) is 0 Å².